The van der Waals surface area contributed by atoms with E-state index in [0.29, 0.717) is 17.4 Å². The van der Waals surface area contributed by atoms with Crippen LogP contribution in [0.25, 0.3) is 0 Å². The van der Waals surface area contributed by atoms with E-state index in [1.807, 2.05) is 6.07 Å². The SMILES string of the molecule is COc1ccc(B(O)O)cc1CN1CC(C)CC1C. The fourth-order valence-electron chi connectivity index (χ4n) is 2.91. The van der Waals surface area contributed by atoms with Gasteiger partial charge in [0.15, 0.2) is 0 Å². The second-order valence-electron chi connectivity index (χ2n) is 5.56. The summed E-state index contributed by atoms with van der Waals surface area (Å²) in [6.45, 7) is 6.37. The van der Waals surface area contributed by atoms with Crippen molar-refractivity contribution in [3.05, 3.63) is 23.8 Å². The van der Waals surface area contributed by atoms with Crippen LogP contribution in [0.1, 0.15) is 25.8 Å². The van der Waals surface area contributed by atoms with Crippen molar-refractivity contribution < 1.29 is 14.8 Å². The highest BCUT2D eigenvalue weighted by molar-refractivity contribution is 6.58. The third-order valence-electron chi connectivity index (χ3n) is 3.89. The monoisotopic (exact) mass is 263 g/mol. The summed E-state index contributed by atoms with van der Waals surface area (Å²) in [7, 11) is 0.212. The van der Waals surface area contributed by atoms with E-state index in [1.54, 1.807) is 19.2 Å². The minimum atomic E-state index is -1.43. The molecule has 0 aromatic heterocycles. The van der Waals surface area contributed by atoms with Gasteiger partial charge in [0.2, 0.25) is 0 Å². The van der Waals surface area contributed by atoms with Crippen LogP contribution in [-0.4, -0.2) is 41.8 Å². The van der Waals surface area contributed by atoms with Crippen LogP contribution >= 0.6 is 0 Å². The molecule has 1 aliphatic heterocycles. The molecule has 1 saturated heterocycles. The van der Waals surface area contributed by atoms with Crippen molar-refractivity contribution in [3.8, 4) is 5.75 Å². The van der Waals surface area contributed by atoms with E-state index in [0.717, 1.165) is 24.4 Å². The molecule has 1 aromatic rings. The molecule has 0 amide bonds. The van der Waals surface area contributed by atoms with E-state index < -0.39 is 7.12 Å². The molecule has 1 aromatic carbocycles. The predicted molar refractivity (Wildman–Crippen MR) is 76.5 cm³/mol. The smallest absolute Gasteiger partial charge is 0.488 e. The normalized spacial score (nSPS) is 23.6. The molecule has 2 atom stereocenters. The van der Waals surface area contributed by atoms with Crippen LogP contribution in [0.15, 0.2) is 18.2 Å². The molecule has 0 saturated carbocycles. The van der Waals surface area contributed by atoms with Crippen molar-refractivity contribution in [2.24, 2.45) is 5.92 Å². The number of methoxy groups -OCH3 is 1. The Balaban J connectivity index is 2.20. The fourth-order valence-corrected chi connectivity index (χ4v) is 2.91. The molecule has 2 rings (SSSR count). The third kappa shape index (κ3) is 3.29. The average Bonchev–Trinajstić information content (AvgIpc) is 2.67. The Morgan fingerprint density at radius 1 is 1.37 bits per heavy atom. The van der Waals surface area contributed by atoms with Gasteiger partial charge >= 0.3 is 7.12 Å². The van der Waals surface area contributed by atoms with E-state index >= 15 is 0 Å². The maximum Gasteiger partial charge on any atom is 0.488 e. The Hall–Kier alpha value is -1.04. The summed E-state index contributed by atoms with van der Waals surface area (Å²) in [4.78, 5) is 2.41. The van der Waals surface area contributed by atoms with Crippen LogP contribution in [0.3, 0.4) is 0 Å². The van der Waals surface area contributed by atoms with Gasteiger partial charge in [0.1, 0.15) is 5.75 Å². The van der Waals surface area contributed by atoms with E-state index in [2.05, 4.69) is 18.7 Å². The van der Waals surface area contributed by atoms with E-state index in [-0.39, 0.29) is 0 Å². The lowest BCUT2D eigenvalue weighted by Gasteiger charge is -2.22. The van der Waals surface area contributed by atoms with Crippen LogP contribution in [0.5, 0.6) is 5.75 Å². The van der Waals surface area contributed by atoms with Gasteiger partial charge in [-0.3, -0.25) is 4.90 Å². The van der Waals surface area contributed by atoms with Gasteiger partial charge in [-0.25, -0.2) is 0 Å². The summed E-state index contributed by atoms with van der Waals surface area (Å²) in [5.74, 6) is 1.52. The number of hydrogen-bond donors (Lipinski definition) is 2. The lowest BCUT2D eigenvalue weighted by Crippen LogP contribution is -2.32. The van der Waals surface area contributed by atoms with Crippen molar-refractivity contribution in [1.82, 2.24) is 4.90 Å². The third-order valence-corrected chi connectivity index (χ3v) is 3.89. The minimum absolute atomic E-state index is 0.510. The number of rotatable bonds is 4. The second kappa shape index (κ2) is 5.95. The molecule has 1 heterocycles. The highest BCUT2D eigenvalue weighted by Gasteiger charge is 2.27. The molecule has 0 spiro atoms. The Labute approximate surface area is 115 Å². The summed E-state index contributed by atoms with van der Waals surface area (Å²) in [6, 6.07) is 5.86. The topological polar surface area (TPSA) is 52.9 Å². The van der Waals surface area contributed by atoms with Crippen molar-refractivity contribution >= 4 is 12.6 Å². The zero-order chi connectivity index (χ0) is 14.0. The first kappa shape index (κ1) is 14.4. The minimum Gasteiger partial charge on any atom is -0.496 e. The molecule has 5 heteroatoms. The Bertz CT molecular complexity index is 439. The highest BCUT2D eigenvalue weighted by Crippen LogP contribution is 2.27. The van der Waals surface area contributed by atoms with Crippen molar-refractivity contribution in [3.63, 3.8) is 0 Å². The molecule has 1 fully saturated rings. The van der Waals surface area contributed by atoms with Crippen LogP contribution in [-0.2, 0) is 6.54 Å². The molecule has 1 aliphatic rings. The molecule has 2 N–H and O–H groups in total. The maximum atomic E-state index is 9.27. The number of hydrogen-bond acceptors (Lipinski definition) is 4. The van der Waals surface area contributed by atoms with E-state index in [4.69, 9.17) is 4.74 Å². The zero-order valence-corrected chi connectivity index (χ0v) is 11.8. The summed E-state index contributed by atoms with van der Waals surface area (Å²) >= 11 is 0. The quantitative estimate of drug-likeness (QED) is 0.781. The summed E-state index contributed by atoms with van der Waals surface area (Å²) in [5, 5.41) is 18.5. The largest absolute Gasteiger partial charge is 0.496 e. The standard InChI is InChI=1S/C14H22BNO3/c1-10-6-11(2)16(8-10)9-12-7-13(15(17)18)4-5-14(12)19-3/h4-5,7,10-11,17-18H,6,8-9H2,1-3H3. The van der Waals surface area contributed by atoms with Gasteiger partial charge < -0.3 is 14.8 Å². The fraction of sp³-hybridized carbons (Fsp3) is 0.571. The average molecular weight is 263 g/mol. The van der Waals surface area contributed by atoms with Gasteiger partial charge in [-0.15, -0.1) is 0 Å². The Morgan fingerprint density at radius 2 is 2.11 bits per heavy atom. The lowest BCUT2D eigenvalue weighted by molar-refractivity contribution is 0.252. The van der Waals surface area contributed by atoms with Gasteiger partial charge in [0.25, 0.3) is 0 Å². The molecule has 0 aliphatic carbocycles. The molecule has 2 unspecified atom stereocenters. The van der Waals surface area contributed by atoms with Crippen molar-refractivity contribution in [2.75, 3.05) is 13.7 Å². The maximum absolute atomic E-state index is 9.27. The van der Waals surface area contributed by atoms with Gasteiger partial charge in [0, 0.05) is 24.7 Å². The molecule has 19 heavy (non-hydrogen) atoms. The number of nitrogens with zero attached hydrogens (tertiary/aromatic N) is 1. The lowest BCUT2D eigenvalue weighted by atomic mass is 9.79. The summed E-state index contributed by atoms with van der Waals surface area (Å²) < 4.78 is 5.36. The van der Waals surface area contributed by atoms with Crippen molar-refractivity contribution in [2.45, 2.75) is 32.9 Å². The summed E-state index contributed by atoms with van der Waals surface area (Å²) in [5.41, 5.74) is 1.52. The highest BCUT2D eigenvalue weighted by atomic mass is 16.5. The zero-order valence-electron chi connectivity index (χ0n) is 11.8. The Kier molecular flexibility index (Phi) is 4.50. The second-order valence-corrected chi connectivity index (χ2v) is 5.56. The number of ether oxygens (including phenoxy) is 1. The summed E-state index contributed by atoms with van der Waals surface area (Å²) in [6.07, 6.45) is 1.21. The van der Waals surface area contributed by atoms with Crippen LogP contribution in [0.4, 0.5) is 0 Å². The molecule has 0 radical (unpaired) electrons. The van der Waals surface area contributed by atoms with Crippen LogP contribution in [0.2, 0.25) is 0 Å². The first-order valence-electron chi connectivity index (χ1n) is 6.78. The number of benzene rings is 1. The first-order chi connectivity index (χ1) is 9.01. The van der Waals surface area contributed by atoms with Gasteiger partial charge in [0.05, 0.1) is 7.11 Å². The van der Waals surface area contributed by atoms with Gasteiger partial charge in [-0.05, 0) is 30.8 Å². The first-order valence-corrected chi connectivity index (χ1v) is 6.78. The molecule has 4 nitrogen and oxygen atoms in total. The van der Waals surface area contributed by atoms with Crippen LogP contribution in [0, 0.1) is 5.92 Å². The molecular weight excluding hydrogens is 241 g/mol. The van der Waals surface area contributed by atoms with Gasteiger partial charge in [-0.1, -0.05) is 19.1 Å². The molecule has 104 valence electrons. The van der Waals surface area contributed by atoms with E-state index in [9.17, 15) is 10.0 Å². The molecular formula is C14H22BNO3. The number of likely N-dealkylation sites (tertiary alicyclic amines) is 1. The molecule has 0 bridgehead atoms. The Morgan fingerprint density at radius 3 is 2.63 bits per heavy atom. The van der Waals surface area contributed by atoms with E-state index in [1.165, 1.54) is 6.42 Å². The van der Waals surface area contributed by atoms with Crippen molar-refractivity contribution in [1.29, 1.82) is 0 Å². The van der Waals surface area contributed by atoms with Crippen LogP contribution < -0.4 is 10.2 Å². The van der Waals surface area contributed by atoms with Gasteiger partial charge in [-0.2, -0.15) is 0 Å². The predicted octanol–water partition coefficient (Wildman–Crippen LogP) is 0.605.